The molecule has 1 N–H and O–H groups in total. The van der Waals surface area contributed by atoms with Crippen LogP contribution in [0.3, 0.4) is 0 Å². The van der Waals surface area contributed by atoms with Crippen molar-refractivity contribution in [2.75, 3.05) is 11.1 Å². The first-order chi connectivity index (χ1) is 16.9. The predicted octanol–water partition coefficient (Wildman–Crippen LogP) is 5.27. The summed E-state index contributed by atoms with van der Waals surface area (Å²) in [6, 6.07) is 13.3. The van der Waals surface area contributed by atoms with E-state index in [1.807, 2.05) is 31.2 Å². The Morgan fingerprint density at radius 2 is 1.86 bits per heavy atom. The van der Waals surface area contributed by atoms with Gasteiger partial charge in [-0.3, -0.25) is 24.3 Å². The molecule has 0 aliphatic heterocycles. The summed E-state index contributed by atoms with van der Waals surface area (Å²) in [5, 5.41) is 14.7. The number of nitrogens with zero attached hydrogens (tertiary/aromatic N) is 3. The van der Waals surface area contributed by atoms with Gasteiger partial charge in [-0.15, -0.1) is 11.3 Å². The molecule has 2 aromatic carbocycles. The molecule has 35 heavy (non-hydrogen) atoms. The molecule has 0 fully saturated rings. The van der Waals surface area contributed by atoms with Crippen LogP contribution in [-0.2, 0) is 17.6 Å². The molecule has 0 radical (unpaired) electrons. The first kappa shape index (κ1) is 23.3. The molecule has 1 aliphatic carbocycles. The number of aryl methyl sites for hydroxylation is 3. The number of hydrogen-bond donors (Lipinski definition) is 1. The molecule has 0 atom stereocenters. The largest absolute Gasteiger partial charge is 0.325 e. The fourth-order valence-electron chi connectivity index (χ4n) is 4.20. The Balaban J connectivity index is 1.47. The lowest BCUT2D eigenvalue weighted by Gasteiger charge is -2.14. The molecule has 1 aliphatic rings. The topological polar surface area (TPSA) is 107 Å². The Bertz CT molecular complexity index is 1490. The van der Waals surface area contributed by atoms with Crippen molar-refractivity contribution in [3.63, 3.8) is 0 Å². The number of rotatable bonds is 6. The number of carbonyl (C=O) groups excluding carboxylic acids is 1. The van der Waals surface area contributed by atoms with Crippen LogP contribution in [0.5, 0.6) is 0 Å². The van der Waals surface area contributed by atoms with Gasteiger partial charge in [0, 0.05) is 22.7 Å². The summed E-state index contributed by atoms with van der Waals surface area (Å²) in [5.41, 5.74) is 3.24. The summed E-state index contributed by atoms with van der Waals surface area (Å²) in [6.07, 6.45) is 4.06. The van der Waals surface area contributed by atoms with E-state index in [1.165, 1.54) is 40.9 Å². The van der Waals surface area contributed by atoms with Crippen molar-refractivity contribution < 1.29 is 9.72 Å². The summed E-state index contributed by atoms with van der Waals surface area (Å²) < 4.78 is 1.60. The van der Waals surface area contributed by atoms with E-state index in [0.29, 0.717) is 21.9 Å². The van der Waals surface area contributed by atoms with Crippen molar-refractivity contribution in [3.05, 3.63) is 85.0 Å². The number of anilines is 1. The lowest BCUT2D eigenvalue weighted by molar-refractivity contribution is -0.384. The van der Waals surface area contributed by atoms with Crippen LogP contribution in [0.4, 0.5) is 11.4 Å². The van der Waals surface area contributed by atoms with Crippen molar-refractivity contribution in [2.45, 2.75) is 37.8 Å². The average molecular weight is 507 g/mol. The molecule has 1 amide bonds. The van der Waals surface area contributed by atoms with Gasteiger partial charge in [0.25, 0.3) is 11.2 Å². The van der Waals surface area contributed by atoms with Gasteiger partial charge in [0.05, 0.1) is 21.7 Å². The van der Waals surface area contributed by atoms with E-state index in [1.54, 1.807) is 15.9 Å². The predicted molar refractivity (Wildman–Crippen MR) is 139 cm³/mol. The summed E-state index contributed by atoms with van der Waals surface area (Å²) in [4.78, 5) is 43.5. The second-order valence-electron chi connectivity index (χ2n) is 8.40. The van der Waals surface area contributed by atoms with Gasteiger partial charge < -0.3 is 5.32 Å². The lowest BCUT2D eigenvalue weighted by Crippen LogP contribution is -2.23. The molecule has 2 aromatic heterocycles. The highest BCUT2D eigenvalue weighted by Crippen LogP contribution is 2.35. The minimum atomic E-state index is -0.490. The van der Waals surface area contributed by atoms with Crippen LogP contribution < -0.4 is 10.9 Å². The SMILES string of the molecule is Cc1ccc(-n2c(SCC(=O)Nc3ccc([N+](=O)[O-])cc3)nc3sc4c(c3c2=O)CCCC4)cc1. The molecule has 2 heterocycles. The fourth-order valence-corrected chi connectivity index (χ4v) is 6.31. The summed E-state index contributed by atoms with van der Waals surface area (Å²) in [7, 11) is 0. The highest BCUT2D eigenvalue weighted by Gasteiger charge is 2.23. The van der Waals surface area contributed by atoms with Crippen LogP contribution in [0.2, 0.25) is 0 Å². The molecule has 8 nitrogen and oxygen atoms in total. The van der Waals surface area contributed by atoms with Gasteiger partial charge in [-0.1, -0.05) is 29.5 Å². The molecule has 5 rings (SSSR count). The molecule has 0 spiro atoms. The summed E-state index contributed by atoms with van der Waals surface area (Å²) in [5.74, 6) is -0.259. The number of nitro benzene ring substituents is 1. The molecule has 178 valence electrons. The second kappa shape index (κ2) is 9.63. The number of nitro groups is 1. The Morgan fingerprint density at radius 3 is 2.57 bits per heavy atom. The highest BCUT2D eigenvalue weighted by atomic mass is 32.2. The van der Waals surface area contributed by atoms with E-state index in [9.17, 15) is 19.7 Å². The van der Waals surface area contributed by atoms with Gasteiger partial charge in [0.1, 0.15) is 4.83 Å². The van der Waals surface area contributed by atoms with Gasteiger partial charge in [0.2, 0.25) is 5.91 Å². The number of thioether (sulfide) groups is 1. The van der Waals surface area contributed by atoms with E-state index in [0.717, 1.165) is 41.6 Å². The molecule has 0 saturated carbocycles. The minimum absolute atomic E-state index is 0.0336. The smallest absolute Gasteiger partial charge is 0.269 e. The van der Waals surface area contributed by atoms with E-state index in [2.05, 4.69) is 5.32 Å². The number of thiophene rings is 1. The number of aromatic nitrogens is 2. The fraction of sp³-hybridized carbons (Fsp3) is 0.240. The van der Waals surface area contributed by atoms with E-state index in [-0.39, 0.29) is 22.9 Å². The number of amides is 1. The maximum absolute atomic E-state index is 13.8. The van der Waals surface area contributed by atoms with Crippen LogP contribution in [-0.4, -0.2) is 26.1 Å². The highest BCUT2D eigenvalue weighted by molar-refractivity contribution is 7.99. The molecule has 0 bridgehead atoms. The third-order valence-electron chi connectivity index (χ3n) is 5.94. The molecule has 4 aromatic rings. The molecule has 10 heteroatoms. The van der Waals surface area contributed by atoms with E-state index < -0.39 is 4.92 Å². The normalized spacial score (nSPS) is 12.9. The zero-order chi connectivity index (χ0) is 24.5. The van der Waals surface area contributed by atoms with Crippen LogP contribution in [0.15, 0.2) is 58.5 Å². The monoisotopic (exact) mass is 506 g/mol. The minimum Gasteiger partial charge on any atom is -0.325 e. The Morgan fingerprint density at radius 1 is 1.14 bits per heavy atom. The Kier molecular flexibility index (Phi) is 6.40. The van der Waals surface area contributed by atoms with Gasteiger partial charge >= 0.3 is 0 Å². The Labute approximate surface area is 209 Å². The van der Waals surface area contributed by atoms with Crippen LogP contribution in [0.1, 0.15) is 28.8 Å². The van der Waals surface area contributed by atoms with E-state index in [4.69, 9.17) is 4.98 Å². The number of nitrogens with one attached hydrogen (secondary N) is 1. The number of hydrogen-bond acceptors (Lipinski definition) is 7. The lowest BCUT2D eigenvalue weighted by atomic mass is 9.97. The van der Waals surface area contributed by atoms with Gasteiger partial charge in [-0.05, 0) is 62.4 Å². The zero-order valence-electron chi connectivity index (χ0n) is 18.9. The van der Waals surface area contributed by atoms with Gasteiger partial charge in [0.15, 0.2) is 5.16 Å². The standard InChI is InChI=1S/C25H22N4O4S2/c1-15-6-10-17(11-7-15)28-24(31)22-19-4-2-3-5-20(19)35-23(22)27-25(28)34-14-21(30)26-16-8-12-18(13-9-16)29(32)33/h6-13H,2-5,14H2,1H3,(H,26,30). The van der Waals surface area contributed by atoms with Crippen LogP contribution >= 0.6 is 23.1 Å². The average Bonchev–Trinajstić information content (AvgIpc) is 3.22. The number of benzene rings is 2. The number of fused-ring (bicyclic) bond motifs is 3. The van der Waals surface area contributed by atoms with Crippen molar-refractivity contribution in [1.82, 2.24) is 9.55 Å². The van der Waals surface area contributed by atoms with Crippen molar-refractivity contribution in [1.29, 1.82) is 0 Å². The van der Waals surface area contributed by atoms with E-state index >= 15 is 0 Å². The maximum atomic E-state index is 13.8. The summed E-state index contributed by atoms with van der Waals surface area (Å²) >= 11 is 2.78. The van der Waals surface area contributed by atoms with Crippen LogP contribution in [0.25, 0.3) is 15.9 Å². The molecule has 0 unspecified atom stereocenters. The molecular weight excluding hydrogens is 484 g/mol. The quantitative estimate of drug-likeness (QED) is 0.165. The van der Waals surface area contributed by atoms with Crippen molar-refractivity contribution >= 4 is 50.6 Å². The first-order valence-corrected chi connectivity index (χ1v) is 13.0. The number of carbonyl (C=O) groups is 1. The van der Waals surface area contributed by atoms with Gasteiger partial charge in [-0.25, -0.2) is 4.98 Å². The van der Waals surface area contributed by atoms with Crippen LogP contribution in [0, 0.1) is 17.0 Å². The third kappa shape index (κ3) is 4.71. The number of non-ortho nitro benzene ring substituents is 1. The third-order valence-corrected chi connectivity index (χ3v) is 8.07. The molecular formula is C25H22N4O4S2. The summed E-state index contributed by atoms with van der Waals surface area (Å²) in [6.45, 7) is 1.99. The van der Waals surface area contributed by atoms with Crippen molar-refractivity contribution in [3.8, 4) is 5.69 Å². The Hall–Kier alpha value is -3.50. The second-order valence-corrected chi connectivity index (χ2v) is 10.4. The van der Waals surface area contributed by atoms with Crippen molar-refractivity contribution in [2.24, 2.45) is 0 Å². The van der Waals surface area contributed by atoms with Gasteiger partial charge in [-0.2, -0.15) is 0 Å². The maximum Gasteiger partial charge on any atom is 0.269 e. The first-order valence-electron chi connectivity index (χ1n) is 11.2. The molecule has 0 saturated heterocycles. The zero-order valence-corrected chi connectivity index (χ0v) is 20.6.